The number of carbonyl (C=O) groups excluding carboxylic acids is 1. The van der Waals surface area contributed by atoms with E-state index in [2.05, 4.69) is 45.0 Å². The number of likely N-dealkylation sites (tertiary alicyclic amines) is 1. The van der Waals surface area contributed by atoms with Crippen LogP contribution in [0.1, 0.15) is 17.5 Å². The lowest BCUT2D eigenvalue weighted by Crippen LogP contribution is -2.40. The number of nitrogens with zero attached hydrogens (tertiary/aromatic N) is 4. The molecule has 32 heavy (non-hydrogen) atoms. The van der Waals surface area contributed by atoms with Gasteiger partial charge in [-0.3, -0.25) is 9.79 Å². The molecule has 0 saturated carbocycles. The fourth-order valence-corrected chi connectivity index (χ4v) is 3.95. The molecule has 1 saturated heterocycles. The van der Waals surface area contributed by atoms with Crippen LogP contribution in [-0.4, -0.2) is 53.2 Å². The number of amides is 1. The Kier molecular flexibility index (Phi) is 7.17. The van der Waals surface area contributed by atoms with Crippen molar-refractivity contribution in [1.29, 1.82) is 0 Å². The van der Waals surface area contributed by atoms with Crippen molar-refractivity contribution in [1.82, 2.24) is 25.3 Å². The van der Waals surface area contributed by atoms with Crippen molar-refractivity contribution >= 4 is 11.9 Å². The molecule has 1 aromatic heterocycles. The normalized spacial score (nSPS) is 16.4. The third-order valence-electron chi connectivity index (χ3n) is 5.75. The SMILES string of the molecule is CN=C(NCc1ccc(-n2cccn2)cc1)NCC1CC(=O)N(CCc2ccccc2)C1. The highest BCUT2D eigenvalue weighted by Crippen LogP contribution is 2.17. The van der Waals surface area contributed by atoms with E-state index in [1.54, 1.807) is 13.2 Å². The molecule has 0 radical (unpaired) electrons. The largest absolute Gasteiger partial charge is 0.356 e. The first kappa shape index (κ1) is 21.6. The van der Waals surface area contributed by atoms with Crippen LogP contribution in [0.5, 0.6) is 0 Å². The van der Waals surface area contributed by atoms with Gasteiger partial charge in [0.15, 0.2) is 5.96 Å². The summed E-state index contributed by atoms with van der Waals surface area (Å²) in [7, 11) is 1.77. The highest BCUT2D eigenvalue weighted by atomic mass is 16.2. The number of aromatic nitrogens is 2. The van der Waals surface area contributed by atoms with Gasteiger partial charge in [0.1, 0.15) is 0 Å². The number of benzene rings is 2. The molecule has 7 nitrogen and oxygen atoms in total. The van der Waals surface area contributed by atoms with Gasteiger partial charge in [0.2, 0.25) is 5.91 Å². The third kappa shape index (κ3) is 5.75. The molecular weight excluding hydrogens is 400 g/mol. The lowest BCUT2D eigenvalue weighted by molar-refractivity contribution is -0.127. The number of guanidine groups is 1. The van der Waals surface area contributed by atoms with Crippen molar-refractivity contribution in [2.45, 2.75) is 19.4 Å². The highest BCUT2D eigenvalue weighted by molar-refractivity contribution is 5.80. The van der Waals surface area contributed by atoms with Crippen molar-refractivity contribution in [3.63, 3.8) is 0 Å². The Balaban J connectivity index is 1.20. The molecule has 2 heterocycles. The molecule has 1 fully saturated rings. The molecule has 0 aliphatic carbocycles. The summed E-state index contributed by atoms with van der Waals surface area (Å²) < 4.78 is 1.84. The number of nitrogens with one attached hydrogen (secondary N) is 2. The van der Waals surface area contributed by atoms with E-state index in [0.29, 0.717) is 18.9 Å². The second-order valence-electron chi connectivity index (χ2n) is 8.07. The number of hydrogen-bond acceptors (Lipinski definition) is 3. The van der Waals surface area contributed by atoms with Gasteiger partial charge in [-0.25, -0.2) is 4.68 Å². The van der Waals surface area contributed by atoms with E-state index >= 15 is 0 Å². The van der Waals surface area contributed by atoms with E-state index in [1.165, 1.54) is 5.56 Å². The second kappa shape index (κ2) is 10.6. The first-order chi connectivity index (χ1) is 15.7. The van der Waals surface area contributed by atoms with Crippen molar-refractivity contribution in [3.8, 4) is 5.69 Å². The van der Waals surface area contributed by atoms with Gasteiger partial charge < -0.3 is 15.5 Å². The van der Waals surface area contributed by atoms with Crippen LogP contribution in [0.2, 0.25) is 0 Å². The zero-order valence-electron chi connectivity index (χ0n) is 18.4. The molecule has 1 unspecified atom stereocenters. The minimum absolute atomic E-state index is 0.243. The Morgan fingerprint density at radius 1 is 1.06 bits per heavy atom. The molecule has 2 N–H and O–H groups in total. The molecule has 1 aliphatic rings. The van der Waals surface area contributed by atoms with Gasteiger partial charge in [0.25, 0.3) is 0 Å². The summed E-state index contributed by atoms with van der Waals surface area (Å²) in [5, 5.41) is 11.0. The predicted molar refractivity (Wildman–Crippen MR) is 127 cm³/mol. The number of carbonyl (C=O) groups is 1. The summed E-state index contributed by atoms with van der Waals surface area (Å²) in [6.45, 7) is 2.97. The summed E-state index contributed by atoms with van der Waals surface area (Å²) >= 11 is 0. The Labute approximate surface area is 189 Å². The standard InChI is InChI=1S/C25H30N6O/c1-26-25(27-17-21-8-10-23(11-9-21)31-14-5-13-29-31)28-18-22-16-24(32)30(19-22)15-12-20-6-3-2-4-7-20/h2-11,13-14,22H,12,15-19H2,1H3,(H2,26,27,28). The van der Waals surface area contributed by atoms with E-state index < -0.39 is 0 Å². The van der Waals surface area contributed by atoms with E-state index in [-0.39, 0.29) is 5.91 Å². The van der Waals surface area contributed by atoms with Crippen molar-refractivity contribution in [3.05, 3.63) is 84.2 Å². The van der Waals surface area contributed by atoms with Crippen LogP contribution in [0.4, 0.5) is 0 Å². The van der Waals surface area contributed by atoms with Gasteiger partial charge in [-0.15, -0.1) is 0 Å². The highest BCUT2D eigenvalue weighted by Gasteiger charge is 2.29. The Bertz CT molecular complexity index is 1010. The van der Waals surface area contributed by atoms with E-state index in [4.69, 9.17) is 0 Å². The Morgan fingerprint density at radius 3 is 2.59 bits per heavy atom. The maximum Gasteiger partial charge on any atom is 0.223 e. The van der Waals surface area contributed by atoms with Crippen LogP contribution >= 0.6 is 0 Å². The van der Waals surface area contributed by atoms with Gasteiger partial charge in [0, 0.05) is 58.0 Å². The Morgan fingerprint density at radius 2 is 1.88 bits per heavy atom. The molecule has 166 valence electrons. The van der Waals surface area contributed by atoms with Crippen LogP contribution in [0.15, 0.2) is 78.0 Å². The predicted octanol–water partition coefficient (Wildman–Crippen LogP) is 2.63. The van der Waals surface area contributed by atoms with Crippen LogP contribution in [0.3, 0.4) is 0 Å². The van der Waals surface area contributed by atoms with E-state index in [1.807, 2.05) is 52.2 Å². The van der Waals surface area contributed by atoms with Gasteiger partial charge in [-0.1, -0.05) is 42.5 Å². The number of rotatable bonds is 8. The zero-order valence-corrected chi connectivity index (χ0v) is 18.4. The molecule has 1 aliphatic heterocycles. The van der Waals surface area contributed by atoms with Crippen LogP contribution in [-0.2, 0) is 17.8 Å². The fraction of sp³-hybridized carbons (Fsp3) is 0.320. The van der Waals surface area contributed by atoms with Crippen LogP contribution in [0, 0.1) is 5.92 Å². The fourth-order valence-electron chi connectivity index (χ4n) is 3.95. The minimum Gasteiger partial charge on any atom is -0.356 e. The van der Waals surface area contributed by atoms with Gasteiger partial charge in [0.05, 0.1) is 5.69 Å². The molecule has 3 aromatic rings. The lowest BCUT2D eigenvalue weighted by Gasteiger charge is -2.18. The van der Waals surface area contributed by atoms with Crippen LogP contribution in [0.25, 0.3) is 5.69 Å². The summed E-state index contributed by atoms with van der Waals surface area (Å²) in [4.78, 5) is 18.7. The van der Waals surface area contributed by atoms with Crippen LogP contribution < -0.4 is 10.6 Å². The average molecular weight is 431 g/mol. The molecular formula is C25H30N6O. The summed E-state index contributed by atoms with van der Waals surface area (Å²) in [5.41, 5.74) is 3.46. The zero-order chi connectivity index (χ0) is 22.2. The second-order valence-corrected chi connectivity index (χ2v) is 8.07. The lowest BCUT2D eigenvalue weighted by atomic mass is 10.1. The maximum absolute atomic E-state index is 12.4. The molecule has 4 rings (SSSR count). The molecule has 2 aromatic carbocycles. The Hall–Kier alpha value is -3.61. The van der Waals surface area contributed by atoms with E-state index in [0.717, 1.165) is 43.3 Å². The maximum atomic E-state index is 12.4. The van der Waals surface area contributed by atoms with Gasteiger partial charge >= 0.3 is 0 Å². The average Bonchev–Trinajstić information content (AvgIpc) is 3.49. The van der Waals surface area contributed by atoms with Crippen molar-refractivity contribution in [2.24, 2.45) is 10.9 Å². The minimum atomic E-state index is 0.243. The first-order valence-electron chi connectivity index (χ1n) is 11.1. The molecule has 0 bridgehead atoms. The van der Waals surface area contributed by atoms with E-state index in [9.17, 15) is 4.79 Å². The monoisotopic (exact) mass is 430 g/mol. The summed E-state index contributed by atoms with van der Waals surface area (Å²) in [6.07, 6.45) is 5.18. The topological polar surface area (TPSA) is 74.5 Å². The van der Waals surface area contributed by atoms with Gasteiger partial charge in [-0.05, 0) is 35.7 Å². The first-order valence-corrected chi connectivity index (χ1v) is 11.1. The van der Waals surface area contributed by atoms with Crippen molar-refractivity contribution in [2.75, 3.05) is 26.7 Å². The molecule has 1 atom stereocenters. The molecule has 0 spiro atoms. The summed E-state index contributed by atoms with van der Waals surface area (Å²) in [5.74, 6) is 1.29. The smallest absolute Gasteiger partial charge is 0.223 e. The van der Waals surface area contributed by atoms with Crippen molar-refractivity contribution < 1.29 is 4.79 Å². The number of aliphatic imine (C=N–C) groups is 1. The summed E-state index contributed by atoms with van der Waals surface area (Å²) in [6, 6.07) is 20.5. The molecule has 7 heteroatoms. The molecule has 1 amide bonds. The third-order valence-corrected chi connectivity index (χ3v) is 5.75. The quantitative estimate of drug-likeness (QED) is 0.426. The van der Waals surface area contributed by atoms with Gasteiger partial charge in [-0.2, -0.15) is 5.10 Å². The number of hydrogen-bond donors (Lipinski definition) is 2.